The van der Waals surface area contributed by atoms with E-state index in [1.165, 1.54) is 6.20 Å². The van der Waals surface area contributed by atoms with Crippen molar-refractivity contribution in [2.45, 2.75) is 11.5 Å². The Balaban J connectivity index is 2.40. The zero-order chi connectivity index (χ0) is 13.3. The fourth-order valence-corrected chi connectivity index (χ4v) is 2.07. The van der Waals surface area contributed by atoms with Gasteiger partial charge in [0, 0.05) is 11.5 Å². The van der Waals surface area contributed by atoms with Gasteiger partial charge in [-0.1, -0.05) is 33.6 Å². The highest BCUT2D eigenvalue weighted by Gasteiger charge is 2.33. The molecule has 0 atom stereocenters. The molecule has 2 aromatic rings. The van der Waals surface area contributed by atoms with E-state index in [0.29, 0.717) is 16.0 Å². The van der Waals surface area contributed by atoms with Gasteiger partial charge in [0.25, 0.3) is 0 Å². The van der Waals surface area contributed by atoms with Crippen molar-refractivity contribution < 1.29 is 13.2 Å². The second kappa shape index (κ2) is 4.93. The molecule has 0 unspecified atom stereocenters. The van der Waals surface area contributed by atoms with Crippen LogP contribution < -0.4 is 0 Å². The van der Waals surface area contributed by atoms with Crippen LogP contribution in [0.3, 0.4) is 0 Å². The summed E-state index contributed by atoms with van der Waals surface area (Å²) in [5.41, 5.74) is 0.409. The maximum Gasteiger partial charge on any atom is 0.435 e. The molecule has 1 heterocycles. The number of benzene rings is 1. The highest BCUT2D eigenvalue weighted by Crippen LogP contribution is 2.29. The quantitative estimate of drug-likeness (QED) is 0.740. The molecule has 1 aromatic heterocycles. The average molecular weight is 340 g/mol. The normalized spacial score (nSPS) is 11.8. The molecule has 0 amide bonds. The first-order chi connectivity index (χ1) is 8.41. The van der Waals surface area contributed by atoms with Gasteiger partial charge in [-0.05, 0) is 23.8 Å². The van der Waals surface area contributed by atoms with Gasteiger partial charge >= 0.3 is 6.18 Å². The van der Waals surface area contributed by atoms with Gasteiger partial charge in [0.1, 0.15) is 0 Å². The summed E-state index contributed by atoms with van der Waals surface area (Å²) in [6.45, 7) is 0. The van der Waals surface area contributed by atoms with E-state index in [2.05, 4.69) is 21.0 Å². The second-order valence-electron chi connectivity index (χ2n) is 3.56. The summed E-state index contributed by atoms with van der Waals surface area (Å²) >= 11 is 9.28. The van der Waals surface area contributed by atoms with Crippen molar-refractivity contribution in [1.82, 2.24) is 9.78 Å². The number of rotatable bonds is 2. The Morgan fingerprint density at radius 1 is 1.28 bits per heavy atom. The number of hydrogen-bond donors (Lipinski definition) is 0. The van der Waals surface area contributed by atoms with Gasteiger partial charge < -0.3 is 0 Å². The highest BCUT2D eigenvalue weighted by molar-refractivity contribution is 9.08. The van der Waals surface area contributed by atoms with E-state index in [1.807, 2.05) is 0 Å². The van der Waals surface area contributed by atoms with Crippen molar-refractivity contribution in [3.8, 4) is 5.69 Å². The molecule has 1 aromatic carbocycles. The minimum Gasteiger partial charge on any atom is -0.239 e. The van der Waals surface area contributed by atoms with E-state index in [9.17, 15) is 13.2 Å². The minimum absolute atomic E-state index is 0.351. The van der Waals surface area contributed by atoms with Gasteiger partial charge in [-0.3, -0.25) is 0 Å². The van der Waals surface area contributed by atoms with E-state index < -0.39 is 11.9 Å². The Kier molecular flexibility index (Phi) is 3.68. The predicted octanol–water partition coefficient (Wildman–Crippen LogP) is 4.44. The van der Waals surface area contributed by atoms with Crippen LogP contribution in [0.5, 0.6) is 0 Å². The Bertz CT molecular complexity index is 566. The molecule has 0 spiro atoms. The number of alkyl halides is 4. The highest BCUT2D eigenvalue weighted by atomic mass is 79.9. The Labute approximate surface area is 114 Å². The van der Waals surface area contributed by atoms with Gasteiger partial charge in [0.05, 0.1) is 10.7 Å². The summed E-state index contributed by atoms with van der Waals surface area (Å²) in [7, 11) is 0. The lowest BCUT2D eigenvalue weighted by molar-refractivity contribution is -0.141. The van der Waals surface area contributed by atoms with Crippen LogP contribution in [0.15, 0.2) is 30.5 Å². The molecule has 7 heteroatoms. The first-order valence-corrected chi connectivity index (χ1v) is 6.39. The van der Waals surface area contributed by atoms with Gasteiger partial charge in [0.15, 0.2) is 5.69 Å². The fraction of sp³-hybridized carbons (Fsp3) is 0.182. The molecule has 0 N–H and O–H groups in total. The molecule has 0 saturated carbocycles. The summed E-state index contributed by atoms with van der Waals surface area (Å²) < 4.78 is 38.4. The molecular weight excluding hydrogens is 332 g/mol. The molecular formula is C11H7BrClF3N2. The Hall–Kier alpha value is -1.01. The number of aromatic nitrogens is 2. The van der Waals surface area contributed by atoms with Crippen molar-refractivity contribution in [2.75, 3.05) is 0 Å². The lowest BCUT2D eigenvalue weighted by atomic mass is 10.2. The van der Waals surface area contributed by atoms with E-state index in [4.69, 9.17) is 11.6 Å². The molecule has 0 aliphatic carbocycles. The lowest BCUT2D eigenvalue weighted by Gasteiger charge is -2.06. The second-order valence-corrected chi connectivity index (χ2v) is 4.53. The smallest absolute Gasteiger partial charge is 0.239 e. The third kappa shape index (κ3) is 2.70. The summed E-state index contributed by atoms with van der Waals surface area (Å²) in [6.07, 6.45) is -3.22. The van der Waals surface area contributed by atoms with Crippen molar-refractivity contribution in [1.29, 1.82) is 0 Å². The number of nitrogens with zero attached hydrogens (tertiary/aromatic N) is 2. The monoisotopic (exact) mass is 338 g/mol. The van der Waals surface area contributed by atoms with Gasteiger partial charge in [-0.15, -0.1) is 0 Å². The molecule has 0 saturated heterocycles. The Morgan fingerprint density at radius 2 is 2.00 bits per heavy atom. The zero-order valence-corrected chi connectivity index (χ0v) is 11.2. The molecule has 0 aliphatic rings. The molecule has 2 nitrogen and oxygen atoms in total. The van der Waals surface area contributed by atoms with E-state index in [1.54, 1.807) is 18.2 Å². The topological polar surface area (TPSA) is 17.8 Å². The largest absolute Gasteiger partial charge is 0.435 e. The first kappa shape index (κ1) is 13.4. The molecule has 18 heavy (non-hydrogen) atoms. The minimum atomic E-state index is -4.45. The van der Waals surface area contributed by atoms with Crippen LogP contribution in [0, 0.1) is 0 Å². The fourth-order valence-electron chi connectivity index (χ4n) is 1.43. The predicted molar refractivity (Wildman–Crippen MR) is 66.2 cm³/mol. The van der Waals surface area contributed by atoms with Crippen LogP contribution in [0.1, 0.15) is 11.3 Å². The standard InChI is InChI=1S/C11H7BrClF3N2/c12-6-7-1-2-9(8(13)5-7)18-4-3-10(17-18)11(14,15)16/h1-5H,6H2. The van der Waals surface area contributed by atoms with E-state index in [0.717, 1.165) is 16.3 Å². The van der Waals surface area contributed by atoms with E-state index >= 15 is 0 Å². The van der Waals surface area contributed by atoms with Crippen LogP contribution in [0.2, 0.25) is 5.02 Å². The van der Waals surface area contributed by atoms with Crippen LogP contribution >= 0.6 is 27.5 Å². The third-order valence-corrected chi connectivity index (χ3v) is 3.24. The average Bonchev–Trinajstić information content (AvgIpc) is 2.77. The summed E-state index contributed by atoms with van der Waals surface area (Å²) in [5.74, 6) is 0. The zero-order valence-electron chi connectivity index (χ0n) is 8.88. The van der Waals surface area contributed by atoms with Crippen LogP contribution in [0.25, 0.3) is 5.69 Å². The number of hydrogen-bond acceptors (Lipinski definition) is 1. The first-order valence-electron chi connectivity index (χ1n) is 4.89. The maximum absolute atomic E-state index is 12.4. The summed E-state index contributed by atoms with van der Waals surface area (Å²) in [6, 6.07) is 5.99. The summed E-state index contributed by atoms with van der Waals surface area (Å²) in [4.78, 5) is 0. The van der Waals surface area contributed by atoms with Crippen molar-refractivity contribution in [3.63, 3.8) is 0 Å². The molecule has 0 radical (unpaired) electrons. The third-order valence-electron chi connectivity index (χ3n) is 2.29. The van der Waals surface area contributed by atoms with Crippen LogP contribution in [0.4, 0.5) is 13.2 Å². The van der Waals surface area contributed by atoms with E-state index in [-0.39, 0.29) is 0 Å². The van der Waals surface area contributed by atoms with Crippen LogP contribution in [-0.4, -0.2) is 9.78 Å². The molecule has 0 bridgehead atoms. The molecule has 96 valence electrons. The van der Waals surface area contributed by atoms with Gasteiger partial charge in [-0.25, -0.2) is 4.68 Å². The molecule has 0 aliphatic heterocycles. The van der Waals surface area contributed by atoms with Crippen molar-refractivity contribution >= 4 is 27.5 Å². The number of halogens is 5. The van der Waals surface area contributed by atoms with Gasteiger partial charge in [-0.2, -0.15) is 18.3 Å². The van der Waals surface area contributed by atoms with Crippen LogP contribution in [-0.2, 0) is 11.5 Å². The van der Waals surface area contributed by atoms with Crippen molar-refractivity contribution in [2.24, 2.45) is 0 Å². The lowest BCUT2D eigenvalue weighted by Crippen LogP contribution is -2.07. The maximum atomic E-state index is 12.4. The Morgan fingerprint density at radius 3 is 2.50 bits per heavy atom. The molecule has 2 rings (SSSR count). The van der Waals surface area contributed by atoms with Crippen molar-refractivity contribution in [3.05, 3.63) is 46.7 Å². The SMILES string of the molecule is FC(F)(F)c1ccn(-c2ccc(CBr)cc2Cl)n1. The summed E-state index contributed by atoms with van der Waals surface area (Å²) in [5, 5.41) is 4.44. The molecule has 0 fully saturated rings. The van der Waals surface area contributed by atoms with Gasteiger partial charge in [0.2, 0.25) is 0 Å².